The van der Waals surface area contributed by atoms with Crippen LogP contribution in [-0.4, -0.2) is 29.1 Å². The van der Waals surface area contributed by atoms with E-state index < -0.39 is 5.97 Å². The number of carbonyl (C=O) groups is 1. The molecule has 2 aromatic rings. The van der Waals surface area contributed by atoms with Crippen molar-refractivity contribution in [1.29, 1.82) is 0 Å². The number of likely N-dealkylation sites (tertiary alicyclic amines) is 1. The lowest BCUT2D eigenvalue weighted by atomic mass is 9.92. The van der Waals surface area contributed by atoms with Crippen LogP contribution in [-0.2, 0) is 4.79 Å². The van der Waals surface area contributed by atoms with Crippen molar-refractivity contribution >= 4 is 17.3 Å². The Labute approximate surface area is 133 Å². The SMILES string of the molecule is O=C(O)C1CCN(C(c2ccsc2)c2cccc(F)c2)CC1. The van der Waals surface area contributed by atoms with Crippen LogP contribution in [0.15, 0.2) is 41.1 Å². The fraction of sp³-hybridized carbons (Fsp3) is 0.353. The van der Waals surface area contributed by atoms with Crippen LogP contribution in [0.2, 0.25) is 0 Å². The first-order valence-electron chi connectivity index (χ1n) is 7.39. The summed E-state index contributed by atoms with van der Waals surface area (Å²) >= 11 is 1.62. The predicted octanol–water partition coefficient (Wildman–Crippen LogP) is 3.77. The van der Waals surface area contributed by atoms with Gasteiger partial charge in [0.15, 0.2) is 0 Å². The van der Waals surface area contributed by atoms with Crippen molar-refractivity contribution in [2.45, 2.75) is 18.9 Å². The Bertz CT molecular complexity index is 636. The third-order valence-electron chi connectivity index (χ3n) is 4.27. The minimum Gasteiger partial charge on any atom is -0.481 e. The van der Waals surface area contributed by atoms with Gasteiger partial charge in [-0.2, -0.15) is 11.3 Å². The van der Waals surface area contributed by atoms with Crippen molar-refractivity contribution in [2.24, 2.45) is 5.92 Å². The van der Waals surface area contributed by atoms with E-state index in [0.29, 0.717) is 25.9 Å². The van der Waals surface area contributed by atoms with E-state index in [1.807, 2.05) is 11.4 Å². The van der Waals surface area contributed by atoms with Gasteiger partial charge in [0.25, 0.3) is 0 Å². The summed E-state index contributed by atoms with van der Waals surface area (Å²) in [5.41, 5.74) is 2.07. The molecule has 0 spiro atoms. The van der Waals surface area contributed by atoms with Gasteiger partial charge in [0.2, 0.25) is 0 Å². The van der Waals surface area contributed by atoms with E-state index in [9.17, 15) is 9.18 Å². The molecule has 1 atom stereocenters. The molecule has 0 aliphatic carbocycles. The summed E-state index contributed by atoms with van der Waals surface area (Å²) in [6.07, 6.45) is 1.29. The maximum Gasteiger partial charge on any atom is 0.306 e. The molecule has 5 heteroatoms. The van der Waals surface area contributed by atoms with Crippen LogP contribution in [0.1, 0.15) is 30.0 Å². The molecule has 22 heavy (non-hydrogen) atoms. The quantitative estimate of drug-likeness (QED) is 0.932. The molecule has 1 saturated heterocycles. The van der Waals surface area contributed by atoms with Crippen LogP contribution in [0, 0.1) is 11.7 Å². The zero-order chi connectivity index (χ0) is 15.5. The topological polar surface area (TPSA) is 40.5 Å². The average molecular weight is 319 g/mol. The molecule has 0 bridgehead atoms. The van der Waals surface area contributed by atoms with E-state index in [2.05, 4.69) is 16.3 Å². The fourth-order valence-corrected chi connectivity index (χ4v) is 3.80. The van der Waals surface area contributed by atoms with Gasteiger partial charge < -0.3 is 5.11 Å². The number of nitrogens with zero attached hydrogens (tertiary/aromatic N) is 1. The minimum absolute atomic E-state index is 0.00306. The number of carboxylic acid groups (broad SMARTS) is 1. The van der Waals surface area contributed by atoms with Gasteiger partial charge in [-0.1, -0.05) is 12.1 Å². The summed E-state index contributed by atoms with van der Waals surface area (Å²) in [4.78, 5) is 13.4. The number of benzene rings is 1. The van der Waals surface area contributed by atoms with Crippen LogP contribution in [0.25, 0.3) is 0 Å². The third kappa shape index (κ3) is 3.20. The molecule has 0 saturated carbocycles. The lowest BCUT2D eigenvalue weighted by molar-refractivity contribution is -0.143. The van der Waals surface area contributed by atoms with E-state index in [1.54, 1.807) is 23.5 Å². The van der Waals surface area contributed by atoms with Crippen molar-refractivity contribution in [1.82, 2.24) is 4.90 Å². The number of carboxylic acids is 1. The number of thiophene rings is 1. The zero-order valence-corrected chi connectivity index (χ0v) is 12.9. The van der Waals surface area contributed by atoms with E-state index in [1.165, 1.54) is 6.07 Å². The molecule has 1 N–H and O–H groups in total. The van der Waals surface area contributed by atoms with Crippen molar-refractivity contribution in [3.63, 3.8) is 0 Å². The lowest BCUT2D eigenvalue weighted by Crippen LogP contribution is -2.39. The smallest absolute Gasteiger partial charge is 0.306 e. The Balaban J connectivity index is 1.86. The Morgan fingerprint density at radius 3 is 2.64 bits per heavy atom. The largest absolute Gasteiger partial charge is 0.481 e. The Hall–Kier alpha value is -1.72. The highest BCUT2D eigenvalue weighted by Gasteiger charge is 2.30. The summed E-state index contributed by atoms with van der Waals surface area (Å²) in [5.74, 6) is -1.21. The van der Waals surface area contributed by atoms with Gasteiger partial charge in [-0.3, -0.25) is 9.69 Å². The monoisotopic (exact) mass is 319 g/mol. The second-order valence-electron chi connectivity index (χ2n) is 5.66. The Morgan fingerprint density at radius 1 is 1.27 bits per heavy atom. The average Bonchev–Trinajstić information content (AvgIpc) is 3.02. The van der Waals surface area contributed by atoms with E-state index in [4.69, 9.17) is 5.11 Å². The Morgan fingerprint density at radius 2 is 2.05 bits per heavy atom. The number of hydrogen-bond donors (Lipinski definition) is 1. The molecule has 3 rings (SSSR count). The van der Waals surface area contributed by atoms with Gasteiger partial charge in [-0.25, -0.2) is 4.39 Å². The van der Waals surface area contributed by atoms with Crippen molar-refractivity contribution in [3.8, 4) is 0 Å². The molecular formula is C17H18FNO2S. The van der Waals surface area contributed by atoms with Crippen molar-refractivity contribution < 1.29 is 14.3 Å². The summed E-state index contributed by atoms with van der Waals surface area (Å²) in [6, 6.07) is 8.75. The molecule has 116 valence electrons. The summed E-state index contributed by atoms with van der Waals surface area (Å²) < 4.78 is 13.6. The van der Waals surface area contributed by atoms with Gasteiger partial charge in [-0.15, -0.1) is 0 Å². The van der Waals surface area contributed by atoms with Crippen LogP contribution >= 0.6 is 11.3 Å². The van der Waals surface area contributed by atoms with E-state index in [-0.39, 0.29) is 17.8 Å². The molecule has 0 radical (unpaired) electrons. The van der Waals surface area contributed by atoms with Gasteiger partial charge in [0.05, 0.1) is 12.0 Å². The molecule has 1 aromatic heterocycles. The summed E-state index contributed by atoms with van der Waals surface area (Å²) in [7, 11) is 0. The standard InChI is InChI=1S/C17H18FNO2S/c18-15-3-1-2-13(10-15)16(14-6-9-22-11-14)19-7-4-12(5-8-19)17(20)21/h1-3,6,9-12,16H,4-5,7-8H2,(H,20,21). The van der Waals surface area contributed by atoms with Crippen LogP contribution in [0.4, 0.5) is 4.39 Å². The molecule has 1 aliphatic heterocycles. The third-order valence-corrected chi connectivity index (χ3v) is 4.97. The van der Waals surface area contributed by atoms with Gasteiger partial charge in [0.1, 0.15) is 5.82 Å². The molecule has 1 aromatic carbocycles. The molecule has 0 amide bonds. The van der Waals surface area contributed by atoms with Gasteiger partial charge in [-0.05, 0) is 66.0 Å². The van der Waals surface area contributed by atoms with E-state index >= 15 is 0 Å². The van der Waals surface area contributed by atoms with E-state index in [0.717, 1.165) is 11.1 Å². The Kier molecular flexibility index (Phi) is 4.55. The van der Waals surface area contributed by atoms with Crippen molar-refractivity contribution in [2.75, 3.05) is 13.1 Å². The maximum absolute atomic E-state index is 13.6. The fourth-order valence-electron chi connectivity index (χ4n) is 3.13. The minimum atomic E-state index is -0.711. The predicted molar refractivity (Wildman–Crippen MR) is 84.5 cm³/mol. The van der Waals surface area contributed by atoms with Crippen molar-refractivity contribution in [3.05, 3.63) is 58.0 Å². The molecule has 1 fully saturated rings. The van der Waals surface area contributed by atoms with Gasteiger partial charge in [0, 0.05) is 0 Å². The maximum atomic E-state index is 13.6. The number of rotatable bonds is 4. The second-order valence-corrected chi connectivity index (χ2v) is 6.44. The first-order chi connectivity index (χ1) is 10.6. The number of piperidine rings is 1. The molecule has 1 unspecified atom stereocenters. The first-order valence-corrected chi connectivity index (χ1v) is 8.34. The zero-order valence-electron chi connectivity index (χ0n) is 12.1. The number of halogens is 1. The van der Waals surface area contributed by atoms with Crippen LogP contribution < -0.4 is 0 Å². The highest BCUT2D eigenvalue weighted by molar-refractivity contribution is 7.08. The highest BCUT2D eigenvalue weighted by atomic mass is 32.1. The summed E-state index contributed by atoms with van der Waals surface area (Å²) in [5, 5.41) is 13.2. The second kappa shape index (κ2) is 6.58. The molecule has 1 aliphatic rings. The number of aliphatic carboxylic acids is 1. The lowest BCUT2D eigenvalue weighted by Gasteiger charge is -2.36. The normalized spacial score (nSPS) is 18.2. The first kappa shape index (κ1) is 15.2. The highest BCUT2D eigenvalue weighted by Crippen LogP contribution is 2.33. The summed E-state index contributed by atoms with van der Waals surface area (Å²) in [6.45, 7) is 1.43. The van der Waals surface area contributed by atoms with Crippen LogP contribution in [0.3, 0.4) is 0 Å². The van der Waals surface area contributed by atoms with Gasteiger partial charge >= 0.3 is 5.97 Å². The molecule has 2 heterocycles. The van der Waals surface area contributed by atoms with Crippen LogP contribution in [0.5, 0.6) is 0 Å². The molecule has 3 nitrogen and oxygen atoms in total. The molecular weight excluding hydrogens is 301 g/mol. The number of hydrogen-bond acceptors (Lipinski definition) is 3.